The van der Waals surface area contributed by atoms with Crippen LogP contribution in [0.3, 0.4) is 0 Å². The van der Waals surface area contributed by atoms with Crippen LogP contribution in [0.15, 0.2) is 18.2 Å². The third-order valence-electron chi connectivity index (χ3n) is 2.85. The van der Waals surface area contributed by atoms with Crippen LogP contribution in [0.5, 0.6) is 0 Å². The highest BCUT2D eigenvalue weighted by Gasteiger charge is 2.21. The van der Waals surface area contributed by atoms with Gasteiger partial charge in [-0.15, -0.1) is 0 Å². The van der Waals surface area contributed by atoms with Crippen LogP contribution in [0.1, 0.15) is 18.4 Å². The van der Waals surface area contributed by atoms with Crippen LogP contribution in [0.2, 0.25) is 0 Å². The largest absolute Gasteiger partial charge is 0.383 e. The maximum atomic E-state index is 10.8. The van der Waals surface area contributed by atoms with Crippen LogP contribution < -0.4 is 5.32 Å². The minimum Gasteiger partial charge on any atom is -0.383 e. The van der Waals surface area contributed by atoms with E-state index >= 15 is 0 Å². The Bertz CT molecular complexity index is 416. The van der Waals surface area contributed by atoms with Gasteiger partial charge in [0.2, 0.25) is 0 Å². The monoisotopic (exact) mass is 236 g/mol. The quantitative estimate of drug-likeness (QED) is 0.609. The molecule has 0 bridgehead atoms. The second kappa shape index (κ2) is 5.14. The van der Waals surface area contributed by atoms with Gasteiger partial charge in [0.1, 0.15) is 5.69 Å². The first-order valence-corrected chi connectivity index (χ1v) is 5.73. The summed E-state index contributed by atoms with van der Waals surface area (Å²) in [6.07, 6.45) is 2.50. The van der Waals surface area contributed by atoms with Crippen molar-refractivity contribution < 1.29 is 9.66 Å². The minimum atomic E-state index is -0.379. The van der Waals surface area contributed by atoms with Crippen molar-refractivity contribution in [2.24, 2.45) is 5.92 Å². The van der Waals surface area contributed by atoms with Crippen molar-refractivity contribution in [3.8, 4) is 0 Å². The molecule has 0 saturated heterocycles. The predicted molar refractivity (Wildman–Crippen MR) is 65.0 cm³/mol. The van der Waals surface area contributed by atoms with E-state index in [1.165, 1.54) is 12.8 Å². The van der Waals surface area contributed by atoms with Crippen LogP contribution >= 0.6 is 0 Å². The molecule has 0 heterocycles. The van der Waals surface area contributed by atoms with Gasteiger partial charge in [-0.1, -0.05) is 6.07 Å². The van der Waals surface area contributed by atoms with Crippen molar-refractivity contribution in [2.45, 2.75) is 19.4 Å². The van der Waals surface area contributed by atoms with Crippen LogP contribution in [0.4, 0.5) is 11.4 Å². The summed E-state index contributed by atoms with van der Waals surface area (Å²) < 4.78 is 5.51. The summed E-state index contributed by atoms with van der Waals surface area (Å²) in [5, 5.41) is 13.7. The number of nitrogens with zero attached hydrogens (tertiary/aromatic N) is 1. The van der Waals surface area contributed by atoms with Crippen molar-refractivity contribution in [1.82, 2.24) is 0 Å². The van der Waals surface area contributed by atoms with E-state index in [-0.39, 0.29) is 10.6 Å². The van der Waals surface area contributed by atoms with E-state index < -0.39 is 0 Å². The summed E-state index contributed by atoms with van der Waals surface area (Å²) in [6, 6.07) is 5.14. The number of nitrogens with one attached hydrogen (secondary N) is 1. The Hall–Kier alpha value is -1.62. The van der Waals surface area contributed by atoms with Gasteiger partial charge in [0, 0.05) is 19.7 Å². The van der Waals surface area contributed by atoms with Gasteiger partial charge in [-0.3, -0.25) is 10.1 Å². The zero-order chi connectivity index (χ0) is 12.3. The topological polar surface area (TPSA) is 64.4 Å². The number of nitro benzene ring substituents is 1. The summed E-state index contributed by atoms with van der Waals surface area (Å²) in [5.41, 5.74) is 1.47. The molecule has 17 heavy (non-hydrogen) atoms. The van der Waals surface area contributed by atoms with Crippen LogP contribution in [-0.2, 0) is 11.3 Å². The summed E-state index contributed by atoms with van der Waals surface area (Å²) in [4.78, 5) is 10.5. The summed E-state index contributed by atoms with van der Waals surface area (Å²) in [6.45, 7) is 1.21. The maximum Gasteiger partial charge on any atom is 0.292 e. The molecule has 1 aromatic rings. The lowest BCUT2D eigenvalue weighted by atomic mass is 10.2. The lowest BCUT2D eigenvalue weighted by molar-refractivity contribution is -0.384. The molecule has 1 aliphatic carbocycles. The molecule has 0 aromatic heterocycles. The molecular formula is C12H16N2O3. The molecule has 92 valence electrons. The van der Waals surface area contributed by atoms with Gasteiger partial charge in [0.15, 0.2) is 0 Å². The highest BCUT2D eigenvalue weighted by atomic mass is 16.6. The first kappa shape index (κ1) is 11.9. The molecule has 0 aliphatic heterocycles. The first-order valence-electron chi connectivity index (χ1n) is 5.73. The Morgan fingerprint density at radius 3 is 2.88 bits per heavy atom. The van der Waals surface area contributed by atoms with Crippen LogP contribution in [-0.4, -0.2) is 18.6 Å². The van der Waals surface area contributed by atoms with E-state index in [0.29, 0.717) is 18.2 Å². The van der Waals surface area contributed by atoms with E-state index in [4.69, 9.17) is 4.74 Å². The van der Waals surface area contributed by atoms with Crippen LogP contribution in [0.25, 0.3) is 0 Å². The number of benzene rings is 1. The van der Waals surface area contributed by atoms with E-state index in [1.54, 1.807) is 19.2 Å². The highest BCUT2D eigenvalue weighted by molar-refractivity contribution is 5.62. The molecule has 0 amide bonds. The Balaban J connectivity index is 2.01. The Kier molecular flexibility index (Phi) is 3.58. The van der Waals surface area contributed by atoms with E-state index in [1.807, 2.05) is 6.07 Å². The summed E-state index contributed by atoms with van der Waals surface area (Å²) in [7, 11) is 1.67. The number of nitro groups is 1. The fraction of sp³-hybridized carbons (Fsp3) is 0.500. The van der Waals surface area contributed by atoms with Crippen molar-refractivity contribution in [2.75, 3.05) is 19.0 Å². The molecule has 5 nitrogen and oxygen atoms in total. The Morgan fingerprint density at radius 2 is 2.29 bits per heavy atom. The average Bonchev–Trinajstić information content (AvgIpc) is 3.13. The fourth-order valence-electron chi connectivity index (χ4n) is 1.66. The highest BCUT2D eigenvalue weighted by Crippen LogP contribution is 2.29. The molecule has 1 saturated carbocycles. The van der Waals surface area contributed by atoms with Crippen molar-refractivity contribution >= 4 is 11.4 Å². The Morgan fingerprint density at radius 1 is 1.53 bits per heavy atom. The average molecular weight is 236 g/mol. The zero-order valence-electron chi connectivity index (χ0n) is 9.81. The van der Waals surface area contributed by atoms with Gasteiger partial charge in [-0.2, -0.15) is 0 Å². The SMILES string of the molecule is CNc1ccc(COCC2CC2)cc1[N+](=O)[O-]. The van der Waals surface area contributed by atoms with Gasteiger partial charge < -0.3 is 10.1 Å². The molecule has 0 radical (unpaired) electrons. The normalized spacial score (nSPS) is 14.6. The second-order valence-corrected chi connectivity index (χ2v) is 4.32. The summed E-state index contributed by atoms with van der Waals surface area (Å²) in [5.74, 6) is 0.710. The van der Waals surface area contributed by atoms with E-state index in [2.05, 4.69) is 5.32 Å². The summed E-state index contributed by atoms with van der Waals surface area (Å²) >= 11 is 0. The number of hydrogen-bond donors (Lipinski definition) is 1. The molecule has 1 aliphatic rings. The van der Waals surface area contributed by atoms with Gasteiger partial charge in [0.25, 0.3) is 5.69 Å². The van der Waals surface area contributed by atoms with Gasteiger partial charge in [-0.25, -0.2) is 0 Å². The number of anilines is 1. The molecule has 2 rings (SSSR count). The molecule has 5 heteroatoms. The maximum absolute atomic E-state index is 10.8. The Labute approximate surface area is 99.9 Å². The molecule has 0 unspecified atom stereocenters. The van der Waals surface area contributed by atoms with Gasteiger partial charge in [0.05, 0.1) is 11.5 Å². The van der Waals surface area contributed by atoms with E-state index in [0.717, 1.165) is 12.2 Å². The van der Waals surface area contributed by atoms with Crippen molar-refractivity contribution in [3.05, 3.63) is 33.9 Å². The molecule has 1 N–H and O–H groups in total. The van der Waals surface area contributed by atoms with Gasteiger partial charge >= 0.3 is 0 Å². The third-order valence-corrected chi connectivity index (χ3v) is 2.85. The van der Waals surface area contributed by atoms with Crippen molar-refractivity contribution in [3.63, 3.8) is 0 Å². The van der Waals surface area contributed by atoms with Crippen LogP contribution in [0, 0.1) is 16.0 Å². The number of rotatable bonds is 6. The molecule has 1 fully saturated rings. The zero-order valence-corrected chi connectivity index (χ0v) is 9.81. The van der Waals surface area contributed by atoms with E-state index in [9.17, 15) is 10.1 Å². The van der Waals surface area contributed by atoms with Crippen molar-refractivity contribution in [1.29, 1.82) is 0 Å². The fourth-order valence-corrected chi connectivity index (χ4v) is 1.66. The minimum absolute atomic E-state index is 0.0972. The first-order chi connectivity index (χ1) is 8.20. The number of ether oxygens (including phenoxy) is 1. The third kappa shape index (κ3) is 3.17. The second-order valence-electron chi connectivity index (χ2n) is 4.32. The predicted octanol–water partition coefficient (Wildman–Crippen LogP) is 2.56. The lowest BCUT2D eigenvalue weighted by Gasteiger charge is -2.06. The molecule has 0 spiro atoms. The molecular weight excluding hydrogens is 220 g/mol. The lowest BCUT2D eigenvalue weighted by Crippen LogP contribution is -2.00. The molecule has 1 aromatic carbocycles. The standard InChI is InChI=1S/C12H16N2O3/c1-13-11-5-4-10(6-12(11)14(15)16)8-17-7-9-2-3-9/h4-6,9,13H,2-3,7-8H2,1H3. The molecule has 0 atom stereocenters. The van der Waals surface area contributed by atoms with Gasteiger partial charge in [-0.05, 0) is 30.4 Å². The smallest absolute Gasteiger partial charge is 0.292 e. The number of hydrogen-bond acceptors (Lipinski definition) is 4.